The molecule has 0 bridgehead atoms. The number of aromatic nitrogens is 1. The van der Waals surface area contributed by atoms with Gasteiger partial charge in [0.05, 0.1) is 16.1 Å². The highest BCUT2D eigenvalue weighted by molar-refractivity contribution is 6.33. The number of fused-ring (bicyclic) bond motifs is 1. The Hall–Kier alpha value is -2.59. The molecule has 132 valence electrons. The van der Waals surface area contributed by atoms with Crippen molar-refractivity contribution in [3.63, 3.8) is 0 Å². The van der Waals surface area contributed by atoms with Gasteiger partial charge in [-0.15, -0.1) is 0 Å². The van der Waals surface area contributed by atoms with E-state index >= 15 is 0 Å². The first-order chi connectivity index (χ1) is 12.6. The number of rotatable bonds is 2. The van der Waals surface area contributed by atoms with Crippen LogP contribution in [0.3, 0.4) is 0 Å². The summed E-state index contributed by atoms with van der Waals surface area (Å²) in [4.78, 5) is 21.6. The fraction of sp³-hybridized carbons (Fsp3) is 0.238. The third-order valence-electron chi connectivity index (χ3n) is 4.90. The van der Waals surface area contributed by atoms with Crippen LogP contribution in [0.4, 0.5) is 5.82 Å². The summed E-state index contributed by atoms with van der Waals surface area (Å²) in [7, 11) is 0. The highest BCUT2D eigenvalue weighted by Gasteiger charge is 2.24. The van der Waals surface area contributed by atoms with Crippen LogP contribution in [-0.4, -0.2) is 42.0 Å². The topological polar surface area (TPSA) is 36.4 Å². The number of pyridine rings is 1. The van der Waals surface area contributed by atoms with E-state index in [1.807, 2.05) is 35.2 Å². The molecular weight excluding hydrogens is 346 g/mol. The van der Waals surface area contributed by atoms with Crippen LogP contribution in [0.15, 0.2) is 54.6 Å². The van der Waals surface area contributed by atoms with Crippen LogP contribution in [0.25, 0.3) is 10.9 Å². The molecule has 2 heterocycles. The van der Waals surface area contributed by atoms with Gasteiger partial charge in [-0.25, -0.2) is 4.98 Å². The van der Waals surface area contributed by atoms with E-state index in [0.29, 0.717) is 23.7 Å². The number of aryl methyl sites for hydroxylation is 1. The maximum absolute atomic E-state index is 12.7. The van der Waals surface area contributed by atoms with Gasteiger partial charge >= 0.3 is 0 Å². The van der Waals surface area contributed by atoms with Gasteiger partial charge in [0.1, 0.15) is 5.82 Å². The molecule has 1 amide bonds. The molecule has 1 aliphatic rings. The molecule has 1 aromatic heterocycles. The van der Waals surface area contributed by atoms with E-state index in [2.05, 4.69) is 24.0 Å². The Morgan fingerprint density at radius 3 is 2.46 bits per heavy atom. The Bertz CT molecular complexity index is 964. The number of nitrogens with zero attached hydrogens (tertiary/aromatic N) is 3. The Balaban J connectivity index is 1.50. The SMILES string of the molecule is Cc1cc(N2CCN(C(=O)c3ccccc3Cl)CC2)nc2ccccc12. The van der Waals surface area contributed by atoms with Crippen LogP contribution >= 0.6 is 11.6 Å². The van der Waals surface area contributed by atoms with Gasteiger partial charge in [-0.05, 0) is 36.8 Å². The maximum atomic E-state index is 12.7. The number of hydrogen-bond acceptors (Lipinski definition) is 3. The first kappa shape index (κ1) is 16.9. The highest BCUT2D eigenvalue weighted by atomic mass is 35.5. The molecule has 0 N–H and O–H groups in total. The molecule has 4 nitrogen and oxygen atoms in total. The molecule has 1 fully saturated rings. The van der Waals surface area contributed by atoms with Gasteiger partial charge in [-0.3, -0.25) is 4.79 Å². The van der Waals surface area contributed by atoms with E-state index in [-0.39, 0.29) is 5.91 Å². The Morgan fingerprint density at radius 1 is 1.00 bits per heavy atom. The van der Waals surface area contributed by atoms with Gasteiger partial charge in [0, 0.05) is 31.6 Å². The van der Waals surface area contributed by atoms with Crippen molar-refractivity contribution < 1.29 is 4.79 Å². The predicted octanol–water partition coefficient (Wildman–Crippen LogP) is 4.16. The van der Waals surface area contributed by atoms with Gasteiger partial charge in [0.2, 0.25) is 0 Å². The smallest absolute Gasteiger partial charge is 0.255 e. The van der Waals surface area contributed by atoms with Crippen molar-refractivity contribution in [2.24, 2.45) is 0 Å². The number of hydrogen-bond donors (Lipinski definition) is 0. The number of piperazine rings is 1. The second-order valence-electron chi connectivity index (χ2n) is 6.57. The molecular formula is C21H20ClN3O. The average Bonchev–Trinajstić information content (AvgIpc) is 2.68. The molecule has 1 aliphatic heterocycles. The van der Waals surface area contributed by atoms with Gasteiger partial charge in [-0.1, -0.05) is 41.9 Å². The molecule has 5 heteroatoms. The van der Waals surface area contributed by atoms with Crippen molar-refractivity contribution in [1.82, 2.24) is 9.88 Å². The minimum Gasteiger partial charge on any atom is -0.353 e. The van der Waals surface area contributed by atoms with Crippen LogP contribution in [0.5, 0.6) is 0 Å². The number of para-hydroxylation sites is 1. The van der Waals surface area contributed by atoms with Gasteiger partial charge in [0.15, 0.2) is 0 Å². The molecule has 26 heavy (non-hydrogen) atoms. The summed E-state index contributed by atoms with van der Waals surface area (Å²) in [6.45, 7) is 4.97. The monoisotopic (exact) mass is 365 g/mol. The quantitative estimate of drug-likeness (QED) is 0.684. The maximum Gasteiger partial charge on any atom is 0.255 e. The summed E-state index contributed by atoms with van der Waals surface area (Å²) in [5.41, 5.74) is 2.81. The van der Waals surface area contributed by atoms with Crippen molar-refractivity contribution in [1.29, 1.82) is 0 Å². The molecule has 2 aromatic carbocycles. The van der Waals surface area contributed by atoms with Crippen molar-refractivity contribution in [3.8, 4) is 0 Å². The first-order valence-corrected chi connectivity index (χ1v) is 9.16. The summed E-state index contributed by atoms with van der Waals surface area (Å²) < 4.78 is 0. The number of carbonyl (C=O) groups is 1. The molecule has 3 aromatic rings. The van der Waals surface area contributed by atoms with Gasteiger partial charge in [-0.2, -0.15) is 0 Å². The summed E-state index contributed by atoms with van der Waals surface area (Å²) in [5.74, 6) is 0.976. The first-order valence-electron chi connectivity index (χ1n) is 8.78. The molecule has 4 rings (SSSR count). The lowest BCUT2D eigenvalue weighted by atomic mass is 10.1. The van der Waals surface area contributed by atoms with Crippen LogP contribution in [-0.2, 0) is 0 Å². The second-order valence-corrected chi connectivity index (χ2v) is 6.98. The normalized spacial score (nSPS) is 14.7. The third kappa shape index (κ3) is 3.13. The van der Waals surface area contributed by atoms with E-state index in [9.17, 15) is 4.79 Å². The number of amides is 1. The summed E-state index contributed by atoms with van der Waals surface area (Å²) in [6.07, 6.45) is 0. The van der Waals surface area contributed by atoms with Crippen molar-refractivity contribution in [3.05, 3.63) is 70.7 Å². The zero-order valence-electron chi connectivity index (χ0n) is 14.7. The molecule has 0 unspecified atom stereocenters. The second kappa shape index (κ2) is 6.96. The molecule has 1 saturated heterocycles. The van der Waals surface area contributed by atoms with E-state index in [1.165, 1.54) is 10.9 Å². The fourth-order valence-corrected chi connectivity index (χ4v) is 3.65. The molecule has 0 radical (unpaired) electrons. The van der Waals surface area contributed by atoms with Crippen molar-refractivity contribution in [2.45, 2.75) is 6.92 Å². The number of carbonyl (C=O) groups excluding carboxylic acids is 1. The highest BCUT2D eigenvalue weighted by Crippen LogP contribution is 2.24. The zero-order chi connectivity index (χ0) is 18.1. The largest absolute Gasteiger partial charge is 0.353 e. The van der Waals surface area contributed by atoms with Gasteiger partial charge < -0.3 is 9.80 Å². The summed E-state index contributed by atoms with van der Waals surface area (Å²) in [5, 5.41) is 1.69. The molecule has 0 atom stereocenters. The standard InChI is InChI=1S/C21H20ClN3O/c1-15-14-20(23-19-9-5-3-6-16(15)19)24-10-12-25(13-11-24)21(26)17-7-2-4-8-18(17)22/h2-9,14H,10-13H2,1H3. The van der Waals surface area contributed by atoms with E-state index < -0.39 is 0 Å². The van der Waals surface area contributed by atoms with Crippen LogP contribution in [0.2, 0.25) is 5.02 Å². The number of benzene rings is 2. The number of halogens is 1. The van der Waals surface area contributed by atoms with E-state index in [0.717, 1.165) is 24.4 Å². The molecule has 0 saturated carbocycles. The summed E-state index contributed by atoms with van der Waals surface area (Å²) in [6, 6.07) is 17.5. The number of anilines is 1. The van der Waals surface area contributed by atoms with Crippen LogP contribution in [0, 0.1) is 6.92 Å². The lowest BCUT2D eigenvalue weighted by Gasteiger charge is -2.35. The average molecular weight is 366 g/mol. The van der Waals surface area contributed by atoms with Gasteiger partial charge in [0.25, 0.3) is 5.91 Å². The Labute approximate surface area is 158 Å². The van der Waals surface area contributed by atoms with Crippen molar-refractivity contribution in [2.75, 3.05) is 31.1 Å². The Morgan fingerprint density at radius 2 is 1.69 bits per heavy atom. The Kier molecular flexibility index (Phi) is 4.51. The van der Waals surface area contributed by atoms with Crippen molar-refractivity contribution >= 4 is 34.2 Å². The lowest BCUT2D eigenvalue weighted by Crippen LogP contribution is -2.49. The molecule has 0 aliphatic carbocycles. The fourth-order valence-electron chi connectivity index (χ4n) is 3.44. The minimum absolute atomic E-state index is 0.00194. The molecule has 0 spiro atoms. The van der Waals surface area contributed by atoms with E-state index in [1.54, 1.807) is 12.1 Å². The van der Waals surface area contributed by atoms with Crippen LogP contribution < -0.4 is 4.90 Å². The van der Waals surface area contributed by atoms with Crippen LogP contribution in [0.1, 0.15) is 15.9 Å². The summed E-state index contributed by atoms with van der Waals surface area (Å²) >= 11 is 6.17. The lowest BCUT2D eigenvalue weighted by molar-refractivity contribution is 0.0746. The third-order valence-corrected chi connectivity index (χ3v) is 5.23. The van der Waals surface area contributed by atoms with E-state index in [4.69, 9.17) is 16.6 Å². The minimum atomic E-state index is -0.00194. The zero-order valence-corrected chi connectivity index (χ0v) is 15.4. The predicted molar refractivity (Wildman–Crippen MR) is 106 cm³/mol.